The second kappa shape index (κ2) is 6.83. The Morgan fingerprint density at radius 3 is 2.73 bits per heavy atom. The Morgan fingerprint density at radius 1 is 1.27 bits per heavy atom. The molecule has 0 bridgehead atoms. The number of aryl methyl sites for hydroxylation is 1. The average Bonchev–Trinajstić information content (AvgIpc) is 2.67. The maximum Gasteiger partial charge on any atom is 0.226 e. The summed E-state index contributed by atoms with van der Waals surface area (Å²) in [5.41, 5.74) is 0. The number of rotatable bonds is 7. The lowest BCUT2D eigenvalue weighted by Crippen LogP contribution is -1.93. The molecule has 0 fully saturated rings. The molecule has 86 valence electrons. The summed E-state index contributed by atoms with van der Waals surface area (Å²) < 4.78 is 5.13. The minimum atomic E-state index is -0.0984. The van der Waals surface area contributed by atoms with Crippen LogP contribution < -0.4 is 0 Å². The van der Waals surface area contributed by atoms with Crippen molar-refractivity contribution in [2.75, 3.05) is 0 Å². The summed E-state index contributed by atoms with van der Waals surface area (Å²) >= 11 is 6.10. The molecule has 0 spiro atoms. The largest absolute Gasteiger partial charge is 0.339 e. The smallest absolute Gasteiger partial charge is 0.226 e. The van der Waals surface area contributed by atoms with Crippen LogP contribution in [0.25, 0.3) is 0 Å². The van der Waals surface area contributed by atoms with Gasteiger partial charge >= 0.3 is 0 Å². The number of alkyl halides is 1. The van der Waals surface area contributed by atoms with Crippen molar-refractivity contribution in [3.8, 4) is 0 Å². The van der Waals surface area contributed by atoms with Crippen LogP contribution in [0.1, 0.15) is 63.0 Å². The monoisotopic (exact) mass is 230 g/mol. The van der Waals surface area contributed by atoms with E-state index in [0.29, 0.717) is 5.82 Å². The average molecular weight is 231 g/mol. The summed E-state index contributed by atoms with van der Waals surface area (Å²) in [6, 6.07) is 0. The summed E-state index contributed by atoms with van der Waals surface area (Å²) in [5, 5.41) is 3.80. The second-order valence-corrected chi connectivity index (χ2v) is 4.29. The van der Waals surface area contributed by atoms with Gasteiger partial charge in [-0.3, -0.25) is 0 Å². The van der Waals surface area contributed by atoms with Gasteiger partial charge in [-0.2, -0.15) is 4.98 Å². The normalized spacial score (nSPS) is 13.0. The van der Waals surface area contributed by atoms with Crippen LogP contribution in [0.3, 0.4) is 0 Å². The lowest BCUT2D eigenvalue weighted by molar-refractivity contribution is 0.368. The predicted octanol–water partition coefficient (Wildman–Crippen LogP) is 3.88. The zero-order chi connectivity index (χ0) is 11.1. The van der Waals surface area contributed by atoms with Gasteiger partial charge in [0.25, 0.3) is 0 Å². The van der Waals surface area contributed by atoms with Crippen LogP contribution in [-0.2, 0) is 6.42 Å². The van der Waals surface area contributed by atoms with E-state index in [-0.39, 0.29) is 5.38 Å². The maximum absolute atomic E-state index is 6.10. The molecule has 1 atom stereocenters. The molecule has 0 saturated heterocycles. The number of aromatic nitrogens is 2. The van der Waals surface area contributed by atoms with Crippen molar-refractivity contribution < 1.29 is 4.52 Å². The van der Waals surface area contributed by atoms with E-state index < -0.39 is 0 Å². The Labute approximate surface area is 96.2 Å². The third-order valence-electron chi connectivity index (χ3n) is 2.30. The highest BCUT2D eigenvalue weighted by Gasteiger charge is 2.14. The van der Waals surface area contributed by atoms with Crippen LogP contribution >= 0.6 is 11.6 Å². The van der Waals surface area contributed by atoms with Crippen molar-refractivity contribution >= 4 is 11.6 Å². The zero-order valence-corrected chi connectivity index (χ0v) is 10.3. The molecule has 1 rings (SSSR count). The van der Waals surface area contributed by atoms with Crippen molar-refractivity contribution in [1.29, 1.82) is 0 Å². The molecule has 0 aliphatic rings. The first kappa shape index (κ1) is 12.5. The number of halogens is 1. The van der Waals surface area contributed by atoms with Crippen LogP contribution in [-0.4, -0.2) is 10.1 Å². The highest BCUT2D eigenvalue weighted by Crippen LogP contribution is 2.22. The minimum Gasteiger partial charge on any atom is -0.339 e. The van der Waals surface area contributed by atoms with Gasteiger partial charge in [-0.05, 0) is 12.8 Å². The molecule has 3 nitrogen and oxygen atoms in total. The molecule has 4 heteroatoms. The van der Waals surface area contributed by atoms with Gasteiger partial charge in [0.1, 0.15) is 0 Å². The van der Waals surface area contributed by atoms with Crippen LogP contribution in [0.4, 0.5) is 0 Å². The summed E-state index contributed by atoms with van der Waals surface area (Å²) in [6.45, 7) is 4.27. The standard InChI is InChI=1S/C11H19ClN2O/c1-3-5-6-8-10-13-11(14-15-10)9(12)7-4-2/h9H,3-8H2,1-2H3. The fraction of sp³-hybridized carbons (Fsp3) is 0.818. The van der Waals surface area contributed by atoms with Gasteiger partial charge in [-0.15, -0.1) is 11.6 Å². The van der Waals surface area contributed by atoms with Gasteiger partial charge in [-0.1, -0.05) is 38.3 Å². The molecule has 1 aromatic rings. The van der Waals surface area contributed by atoms with Crippen molar-refractivity contribution in [2.24, 2.45) is 0 Å². The fourth-order valence-corrected chi connectivity index (χ4v) is 1.71. The molecule has 0 N–H and O–H groups in total. The van der Waals surface area contributed by atoms with E-state index in [0.717, 1.165) is 31.6 Å². The molecule has 0 aliphatic heterocycles. The van der Waals surface area contributed by atoms with Crippen molar-refractivity contribution in [3.05, 3.63) is 11.7 Å². The number of nitrogens with zero attached hydrogens (tertiary/aromatic N) is 2. The first-order chi connectivity index (χ1) is 7.27. The molecular weight excluding hydrogens is 212 g/mol. The molecule has 1 aromatic heterocycles. The first-order valence-corrected chi connectivity index (χ1v) is 6.18. The molecule has 0 radical (unpaired) electrons. The van der Waals surface area contributed by atoms with Crippen LogP contribution in [0.15, 0.2) is 4.52 Å². The van der Waals surface area contributed by atoms with Gasteiger partial charge in [0.2, 0.25) is 5.89 Å². The Morgan fingerprint density at radius 2 is 2.07 bits per heavy atom. The van der Waals surface area contributed by atoms with Gasteiger partial charge in [0.05, 0.1) is 5.38 Å². The predicted molar refractivity (Wildman–Crippen MR) is 61.0 cm³/mol. The number of unbranched alkanes of at least 4 members (excludes halogenated alkanes) is 2. The number of hydrogen-bond donors (Lipinski definition) is 0. The highest BCUT2D eigenvalue weighted by molar-refractivity contribution is 6.20. The fourth-order valence-electron chi connectivity index (χ4n) is 1.41. The lowest BCUT2D eigenvalue weighted by Gasteiger charge is -1.99. The Balaban J connectivity index is 2.41. The summed E-state index contributed by atoms with van der Waals surface area (Å²) in [5.74, 6) is 1.37. The lowest BCUT2D eigenvalue weighted by atomic mass is 10.2. The Kier molecular flexibility index (Phi) is 5.69. The summed E-state index contributed by atoms with van der Waals surface area (Å²) in [6.07, 6.45) is 6.32. The molecule has 0 saturated carbocycles. The molecule has 1 heterocycles. The third-order valence-corrected chi connectivity index (χ3v) is 2.71. The van der Waals surface area contributed by atoms with E-state index in [9.17, 15) is 0 Å². The van der Waals surface area contributed by atoms with Gasteiger partial charge in [0, 0.05) is 6.42 Å². The zero-order valence-electron chi connectivity index (χ0n) is 9.50. The van der Waals surface area contributed by atoms with Crippen LogP contribution in [0.2, 0.25) is 0 Å². The Bertz CT molecular complexity index is 275. The summed E-state index contributed by atoms with van der Waals surface area (Å²) in [4.78, 5) is 4.29. The maximum atomic E-state index is 6.10. The minimum absolute atomic E-state index is 0.0984. The quantitative estimate of drug-likeness (QED) is 0.527. The van der Waals surface area contributed by atoms with Crippen LogP contribution in [0.5, 0.6) is 0 Å². The van der Waals surface area contributed by atoms with Gasteiger partial charge < -0.3 is 4.52 Å². The van der Waals surface area contributed by atoms with E-state index in [2.05, 4.69) is 24.0 Å². The topological polar surface area (TPSA) is 38.9 Å². The van der Waals surface area contributed by atoms with Gasteiger partial charge in [0.15, 0.2) is 5.82 Å². The number of hydrogen-bond acceptors (Lipinski definition) is 3. The molecule has 0 amide bonds. The van der Waals surface area contributed by atoms with E-state index in [1.54, 1.807) is 0 Å². The van der Waals surface area contributed by atoms with E-state index >= 15 is 0 Å². The SMILES string of the molecule is CCCCCc1nc(C(Cl)CCC)no1. The van der Waals surface area contributed by atoms with E-state index in [1.807, 2.05) is 0 Å². The van der Waals surface area contributed by atoms with E-state index in [1.165, 1.54) is 12.8 Å². The van der Waals surface area contributed by atoms with Crippen molar-refractivity contribution in [3.63, 3.8) is 0 Å². The molecule has 1 unspecified atom stereocenters. The highest BCUT2D eigenvalue weighted by atomic mass is 35.5. The molecular formula is C11H19ClN2O. The summed E-state index contributed by atoms with van der Waals surface area (Å²) in [7, 11) is 0. The van der Waals surface area contributed by atoms with E-state index in [4.69, 9.17) is 16.1 Å². The second-order valence-electron chi connectivity index (χ2n) is 3.76. The van der Waals surface area contributed by atoms with Gasteiger partial charge in [-0.25, -0.2) is 0 Å². The first-order valence-electron chi connectivity index (χ1n) is 5.74. The van der Waals surface area contributed by atoms with Crippen molar-refractivity contribution in [1.82, 2.24) is 10.1 Å². The Hall–Kier alpha value is -0.570. The third kappa shape index (κ3) is 4.20. The molecule has 15 heavy (non-hydrogen) atoms. The van der Waals surface area contributed by atoms with Crippen molar-refractivity contribution in [2.45, 2.75) is 57.7 Å². The molecule has 0 aromatic carbocycles. The van der Waals surface area contributed by atoms with Crippen LogP contribution in [0, 0.1) is 0 Å². The molecule has 0 aliphatic carbocycles.